The van der Waals surface area contributed by atoms with Crippen LogP contribution in [0, 0.1) is 6.92 Å². The minimum atomic E-state index is -3.82. The number of nitrogens with zero attached hydrogens (tertiary/aromatic N) is 1. The predicted molar refractivity (Wildman–Crippen MR) is 129 cm³/mol. The number of aryl methyl sites for hydroxylation is 1. The van der Waals surface area contributed by atoms with Gasteiger partial charge < -0.3 is 15.4 Å². The maximum Gasteiger partial charge on any atom is 0.253 e. The van der Waals surface area contributed by atoms with E-state index < -0.39 is 22.0 Å². The fourth-order valence-corrected chi connectivity index (χ4v) is 5.13. The Morgan fingerprint density at radius 3 is 2.64 bits per heavy atom. The van der Waals surface area contributed by atoms with Crippen molar-refractivity contribution in [2.75, 3.05) is 29.0 Å². The molecule has 0 aliphatic carbocycles. The number of benzene rings is 2. The fourth-order valence-electron chi connectivity index (χ4n) is 3.74. The lowest BCUT2D eigenvalue weighted by atomic mass is 10.1. The molecule has 1 heterocycles. The zero-order valence-electron chi connectivity index (χ0n) is 18.8. The predicted octanol–water partition coefficient (Wildman–Crippen LogP) is 3.35. The zero-order chi connectivity index (χ0) is 24.2. The summed E-state index contributed by atoms with van der Waals surface area (Å²) in [7, 11) is -3.82. The van der Waals surface area contributed by atoms with Crippen molar-refractivity contribution in [2.45, 2.75) is 38.8 Å². The van der Waals surface area contributed by atoms with Gasteiger partial charge in [-0.05, 0) is 56.5 Å². The molecule has 2 atom stereocenters. The second-order valence-corrected chi connectivity index (χ2v) is 10.3. The highest BCUT2D eigenvalue weighted by atomic mass is 35.5. The largest absolute Gasteiger partial charge is 0.376 e. The number of carbonyl (C=O) groups is 2. The highest BCUT2D eigenvalue weighted by Crippen LogP contribution is 2.29. The van der Waals surface area contributed by atoms with E-state index in [1.807, 2.05) is 0 Å². The maximum absolute atomic E-state index is 13.1. The summed E-state index contributed by atoms with van der Waals surface area (Å²) in [4.78, 5) is 25.8. The van der Waals surface area contributed by atoms with Crippen LogP contribution in [0.1, 0.15) is 35.7 Å². The molecule has 1 fully saturated rings. The van der Waals surface area contributed by atoms with Crippen LogP contribution in [-0.2, 0) is 19.6 Å². The third kappa shape index (κ3) is 6.25. The lowest BCUT2D eigenvalue weighted by Gasteiger charge is -2.29. The Kier molecular flexibility index (Phi) is 7.99. The van der Waals surface area contributed by atoms with E-state index in [0.29, 0.717) is 29.4 Å². The second kappa shape index (κ2) is 10.5. The first-order chi connectivity index (χ1) is 15.6. The molecule has 10 heteroatoms. The van der Waals surface area contributed by atoms with Crippen LogP contribution in [0.15, 0.2) is 42.5 Å². The van der Waals surface area contributed by atoms with Gasteiger partial charge in [0, 0.05) is 18.2 Å². The van der Waals surface area contributed by atoms with Crippen molar-refractivity contribution in [2.24, 2.45) is 0 Å². The number of para-hydroxylation sites is 1. The summed E-state index contributed by atoms with van der Waals surface area (Å²) in [5, 5.41) is 5.89. The van der Waals surface area contributed by atoms with Crippen LogP contribution in [0.2, 0.25) is 5.02 Å². The number of hydrogen-bond donors (Lipinski definition) is 2. The molecule has 3 rings (SSSR count). The number of hydrogen-bond acceptors (Lipinski definition) is 5. The molecule has 178 valence electrons. The lowest BCUT2D eigenvalue weighted by Crippen LogP contribution is -2.46. The van der Waals surface area contributed by atoms with E-state index in [2.05, 4.69) is 10.6 Å². The lowest BCUT2D eigenvalue weighted by molar-refractivity contribution is -0.116. The Bertz CT molecular complexity index is 1130. The van der Waals surface area contributed by atoms with Crippen molar-refractivity contribution in [3.63, 3.8) is 0 Å². The molecule has 0 unspecified atom stereocenters. The SMILES string of the molecule is Cc1ccc(Cl)cc1N([C@H](C)C(=O)Nc1ccccc1C(=O)NC[C@H]1CCCO1)S(C)(=O)=O. The molecular weight excluding hydrogens is 466 g/mol. The Morgan fingerprint density at radius 2 is 1.97 bits per heavy atom. The number of anilines is 2. The van der Waals surface area contributed by atoms with Crippen molar-refractivity contribution >= 4 is 44.8 Å². The Morgan fingerprint density at radius 1 is 1.24 bits per heavy atom. The molecule has 0 spiro atoms. The van der Waals surface area contributed by atoms with Crippen molar-refractivity contribution in [3.8, 4) is 0 Å². The van der Waals surface area contributed by atoms with Gasteiger partial charge in [0.05, 0.1) is 29.3 Å². The monoisotopic (exact) mass is 493 g/mol. The summed E-state index contributed by atoms with van der Waals surface area (Å²) in [5.74, 6) is -0.932. The third-order valence-corrected chi connectivity index (χ3v) is 6.90. The van der Waals surface area contributed by atoms with E-state index >= 15 is 0 Å². The molecule has 2 aromatic carbocycles. The molecule has 0 radical (unpaired) electrons. The van der Waals surface area contributed by atoms with E-state index in [1.165, 1.54) is 13.0 Å². The third-order valence-electron chi connectivity index (χ3n) is 5.44. The molecule has 1 aliphatic rings. The standard InChI is InChI=1S/C23H28ClN3O5S/c1-15-10-11-17(24)13-21(15)27(33(3,30)31)16(2)22(28)26-20-9-5-4-8-19(20)23(29)25-14-18-7-6-12-32-18/h4-5,8-11,13,16,18H,6-7,12,14H2,1-3H3,(H,25,29)(H,26,28)/t16-,18-/m1/s1. The summed E-state index contributed by atoms with van der Waals surface area (Å²) in [6.07, 6.45) is 2.87. The van der Waals surface area contributed by atoms with Gasteiger partial charge in [-0.3, -0.25) is 13.9 Å². The summed E-state index contributed by atoms with van der Waals surface area (Å²) in [6, 6.07) is 10.3. The fraction of sp³-hybridized carbons (Fsp3) is 0.391. The summed E-state index contributed by atoms with van der Waals surface area (Å²) in [5.41, 5.74) is 1.53. The topological polar surface area (TPSA) is 105 Å². The van der Waals surface area contributed by atoms with Crippen molar-refractivity contribution in [1.82, 2.24) is 5.32 Å². The first kappa shape index (κ1) is 25.0. The zero-order valence-corrected chi connectivity index (χ0v) is 20.4. The van der Waals surface area contributed by atoms with Crippen LogP contribution in [0.4, 0.5) is 11.4 Å². The van der Waals surface area contributed by atoms with Gasteiger partial charge >= 0.3 is 0 Å². The summed E-state index contributed by atoms with van der Waals surface area (Å²) in [6.45, 7) is 4.29. The number of rotatable bonds is 8. The molecule has 0 bridgehead atoms. The van der Waals surface area contributed by atoms with Crippen LogP contribution in [0.5, 0.6) is 0 Å². The average molecular weight is 494 g/mol. The Labute approximate surface area is 199 Å². The molecule has 0 aromatic heterocycles. The number of nitrogens with one attached hydrogen (secondary N) is 2. The van der Waals surface area contributed by atoms with Gasteiger partial charge in [-0.15, -0.1) is 0 Å². The molecule has 2 amide bonds. The van der Waals surface area contributed by atoms with Gasteiger partial charge in [0.25, 0.3) is 5.91 Å². The molecule has 2 aromatic rings. The highest BCUT2D eigenvalue weighted by molar-refractivity contribution is 7.92. The van der Waals surface area contributed by atoms with Crippen LogP contribution in [0.25, 0.3) is 0 Å². The van der Waals surface area contributed by atoms with Gasteiger partial charge in [-0.2, -0.15) is 0 Å². The van der Waals surface area contributed by atoms with E-state index in [-0.39, 0.29) is 23.3 Å². The molecule has 2 N–H and O–H groups in total. The minimum Gasteiger partial charge on any atom is -0.376 e. The van der Waals surface area contributed by atoms with Crippen LogP contribution in [-0.4, -0.2) is 51.8 Å². The van der Waals surface area contributed by atoms with Gasteiger partial charge in [-0.1, -0.05) is 29.8 Å². The molecule has 1 saturated heterocycles. The second-order valence-electron chi connectivity index (χ2n) is 8.05. The first-order valence-corrected chi connectivity index (χ1v) is 12.9. The van der Waals surface area contributed by atoms with Crippen molar-refractivity contribution in [1.29, 1.82) is 0 Å². The average Bonchev–Trinajstić information content (AvgIpc) is 3.27. The van der Waals surface area contributed by atoms with Gasteiger partial charge in [0.1, 0.15) is 6.04 Å². The number of carbonyl (C=O) groups excluding carboxylic acids is 2. The van der Waals surface area contributed by atoms with Gasteiger partial charge in [0.2, 0.25) is 15.9 Å². The number of halogens is 1. The van der Waals surface area contributed by atoms with Crippen LogP contribution < -0.4 is 14.9 Å². The molecule has 1 aliphatic heterocycles. The number of amides is 2. The summed E-state index contributed by atoms with van der Waals surface area (Å²) < 4.78 is 31.8. The number of ether oxygens (including phenoxy) is 1. The van der Waals surface area contributed by atoms with Crippen LogP contribution in [0.3, 0.4) is 0 Å². The molecular formula is C23H28ClN3O5S. The maximum atomic E-state index is 13.1. The van der Waals surface area contributed by atoms with Crippen LogP contribution >= 0.6 is 11.6 Å². The molecule has 8 nitrogen and oxygen atoms in total. The normalized spacial score (nSPS) is 16.8. The first-order valence-electron chi connectivity index (χ1n) is 10.6. The van der Waals surface area contributed by atoms with Crippen molar-refractivity contribution in [3.05, 3.63) is 58.6 Å². The van der Waals surface area contributed by atoms with Gasteiger partial charge in [-0.25, -0.2) is 8.42 Å². The van der Waals surface area contributed by atoms with E-state index in [4.69, 9.17) is 16.3 Å². The Balaban J connectivity index is 1.81. The van der Waals surface area contributed by atoms with E-state index in [0.717, 1.165) is 23.4 Å². The minimum absolute atomic E-state index is 0.0139. The smallest absolute Gasteiger partial charge is 0.253 e. The molecule has 33 heavy (non-hydrogen) atoms. The van der Waals surface area contributed by atoms with E-state index in [9.17, 15) is 18.0 Å². The Hall–Kier alpha value is -2.62. The quantitative estimate of drug-likeness (QED) is 0.586. The highest BCUT2D eigenvalue weighted by Gasteiger charge is 2.31. The van der Waals surface area contributed by atoms with E-state index in [1.54, 1.807) is 43.3 Å². The summed E-state index contributed by atoms with van der Waals surface area (Å²) >= 11 is 6.08. The molecule has 0 saturated carbocycles. The number of sulfonamides is 1. The van der Waals surface area contributed by atoms with Gasteiger partial charge in [0.15, 0.2) is 0 Å². The van der Waals surface area contributed by atoms with Crippen molar-refractivity contribution < 1.29 is 22.7 Å².